The summed E-state index contributed by atoms with van der Waals surface area (Å²) in [6.45, 7) is 0.270. The van der Waals surface area contributed by atoms with Gasteiger partial charge in [0.1, 0.15) is 13.1 Å². The Morgan fingerprint density at radius 3 is 2.95 bits per heavy atom. The van der Waals surface area contributed by atoms with Crippen molar-refractivity contribution in [3.63, 3.8) is 0 Å². The van der Waals surface area contributed by atoms with E-state index >= 15 is 0 Å². The van der Waals surface area contributed by atoms with Crippen LogP contribution in [0, 0.1) is 0 Å². The summed E-state index contributed by atoms with van der Waals surface area (Å²) in [4.78, 5) is 25.5. The van der Waals surface area contributed by atoms with Gasteiger partial charge in [-0.2, -0.15) is 0 Å². The van der Waals surface area contributed by atoms with Gasteiger partial charge >= 0.3 is 0 Å². The van der Waals surface area contributed by atoms with Gasteiger partial charge in [-0.3, -0.25) is 14.5 Å². The molecular formula is C13H14N6O2. The summed E-state index contributed by atoms with van der Waals surface area (Å²) in [5.74, 6) is -0.450. The van der Waals surface area contributed by atoms with Crippen molar-refractivity contribution in [1.82, 2.24) is 15.0 Å². The first-order valence-electron chi connectivity index (χ1n) is 6.45. The fraction of sp³-hybridized carbons (Fsp3) is 0.231. The summed E-state index contributed by atoms with van der Waals surface area (Å²) in [6.07, 6.45) is 1.62. The van der Waals surface area contributed by atoms with Crippen molar-refractivity contribution in [2.75, 3.05) is 16.8 Å². The molecule has 0 radical (unpaired) electrons. The van der Waals surface area contributed by atoms with E-state index in [0.29, 0.717) is 17.1 Å². The first kappa shape index (κ1) is 13.3. The molecule has 8 heteroatoms. The molecule has 21 heavy (non-hydrogen) atoms. The lowest BCUT2D eigenvalue weighted by Crippen LogP contribution is -2.43. The molecule has 0 spiro atoms. The van der Waals surface area contributed by atoms with Gasteiger partial charge in [0.2, 0.25) is 11.8 Å². The molecule has 2 amide bonds. The van der Waals surface area contributed by atoms with E-state index in [2.05, 4.69) is 15.6 Å². The quantitative estimate of drug-likeness (QED) is 0.807. The van der Waals surface area contributed by atoms with E-state index < -0.39 is 0 Å². The normalized spacial score (nSPS) is 13.8. The maximum absolute atomic E-state index is 12.4. The first-order valence-corrected chi connectivity index (χ1v) is 6.45. The van der Waals surface area contributed by atoms with Gasteiger partial charge in [0.05, 0.1) is 23.3 Å². The van der Waals surface area contributed by atoms with Crippen molar-refractivity contribution in [2.45, 2.75) is 13.1 Å². The Hall–Kier alpha value is -2.74. The molecule has 0 fully saturated rings. The molecule has 3 rings (SSSR count). The van der Waals surface area contributed by atoms with Gasteiger partial charge in [0.15, 0.2) is 0 Å². The van der Waals surface area contributed by atoms with Gasteiger partial charge in [-0.1, -0.05) is 17.3 Å². The van der Waals surface area contributed by atoms with Crippen molar-refractivity contribution in [1.29, 1.82) is 0 Å². The summed E-state index contributed by atoms with van der Waals surface area (Å²) in [5.41, 5.74) is 7.37. The van der Waals surface area contributed by atoms with Crippen molar-refractivity contribution in [3.05, 3.63) is 36.2 Å². The van der Waals surface area contributed by atoms with E-state index in [-0.39, 0.29) is 31.4 Å². The minimum absolute atomic E-state index is 0.00566. The smallest absolute Gasteiger partial charge is 0.249 e. The molecule has 0 saturated heterocycles. The number of aromatic nitrogens is 3. The molecule has 8 nitrogen and oxygen atoms in total. The van der Waals surface area contributed by atoms with Gasteiger partial charge in [0, 0.05) is 6.54 Å². The van der Waals surface area contributed by atoms with Crippen molar-refractivity contribution >= 4 is 23.2 Å². The fourth-order valence-electron chi connectivity index (χ4n) is 2.19. The summed E-state index contributed by atoms with van der Waals surface area (Å²) in [7, 11) is 0. The number of hydrogen-bond acceptors (Lipinski definition) is 5. The molecule has 2 heterocycles. The number of rotatable bonds is 3. The molecule has 3 N–H and O–H groups in total. The molecule has 1 aliphatic rings. The number of hydrogen-bond donors (Lipinski definition) is 2. The Morgan fingerprint density at radius 2 is 2.19 bits per heavy atom. The van der Waals surface area contributed by atoms with Gasteiger partial charge in [-0.25, -0.2) is 4.68 Å². The third kappa shape index (κ3) is 2.61. The van der Waals surface area contributed by atoms with Crippen LogP contribution in [0.4, 0.5) is 11.4 Å². The standard InChI is InChI=1S/C13H14N6O2/c14-5-9-6-18(17-16-9)8-13(21)19-7-12(20)15-10-3-1-2-4-11(10)19/h1-4,6H,5,7-8,14H2,(H,15,20). The Kier molecular flexibility index (Phi) is 3.36. The average Bonchev–Trinajstić information content (AvgIpc) is 2.94. The minimum atomic E-state index is -0.231. The summed E-state index contributed by atoms with van der Waals surface area (Å²) >= 11 is 0. The zero-order valence-electron chi connectivity index (χ0n) is 11.2. The molecule has 2 aromatic rings. The van der Waals surface area contributed by atoms with Crippen LogP contribution in [0.1, 0.15) is 5.69 Å². The third-order valence-electron chi connectivity index (χ3n) is 3.16. The van der Waals surface area contributed by atoms with Gasteiger partial charge in [0.25, 0.3) is 0 Å². The molecular weight excluding hydrogens is 272 g/mol. The van der Waals surface area contributed by atoms with E-state index in [1.165, 1.54) is 9.58 Å². The van der Waals surface area contributed by atoms with E-state index in [1.54, 1.807) is 24.4 Å². The molecule has 1 aromatic carbocycles. The number of fused-ring (bicyclic) bond motifs is 1. The Labute approximate surface area is 120 Å². The highest BCUT2D eigenvalue weighted by atomic mass is 16.2. The van der Waals surface area contributed by atoms with E-state index in [9.17, 15) is 9.59 Å². The number of benzene rings is 1. The summed E-state index contributed by atoms with van der Waals surface area (Å²) in [6, 6.07) is 7.17. The molecule has 108 valence electrons. The van der Waals surface area contributed by atoms with Gasteiger partial charge in [-0.15, -0.1) is 5.10 Å². The second kappa shape index (κ2) is 5.33. The van der Waals surface area contributed by atoms with Crippen LogP contribution in [0.5, 0.6) is 0 Å². The lowest BCUT2D eigenvalue weighted by atomic mass is 10.2. The lowest BCUT2D eigenvalue weighted by molar-refractivity contribution is -0.122. The maximum Gasteiger partial charge on any atom is 0.249 e. The van der Waals surface area contributed by atoms with Crippen molar-refractivity contribution < 1.29 is 9.59 Å². The number of anilines is 2. The molecule has 1 aliphatic heterocycles. The number of carbonyl (C=O) groups excluding carboxylic acids is 2. The summed E-state index contributed by atoms with van der Waals surface area (Å²) in [5, 5.41) is 10.4. The second-order valence-corrected chi connectivity index (χ2v) is 4.66. The minimum Gasteiger partial charge on any atom is -0.325 e. The highest BCUT2D eigenvalue weighted by Gasteiger charge is 2.26. The monoisotopic (exact) mass is 286 g/mol. The van der Waals surface area contributed by atoms with Crippen LogP contribution in [-0.4, -0.2) is 33.4 Å². The second-order valence-electron chi connectivity index (χ2n) is 4.66. The molecule has 0 unspecified atom stereocenters. The van der Waals surface area contributed by atoms with Crippen LogP contribution in [-0.2, 0) is 22.7 Å². The topological polar surface area (TPSA) is 106 Å². The molecule has 0 aliphatic carbocycles. The molecule has 0 saturated carbocycles. The van der Waals surface area contributed by atoms with E-state index in [1.807, 2.05) is 6.07 Å². The Balaban J connectivity index is 1.82. The van der Waals surface area contributed by atoms with Crippen LogP contribution < -0.4 is 16.0 Å². The largest absolute Gasteiger partial charge is 0.325 e. The highest BCUT2D eigenvalue weighted by Crippen LogP contribution is 2.28. The fourth-order valence-corrected chi connectivity index (χ4v) is 2.19. The number of carbonyl (C=O) groups is 2. The molecule has 0 atom stereocenters. The zero-order valence-corrected chi connectivity index (χ0v) is 11.2. The third-order valence-corrected chi connectivity index (χ3v) is 3.16. The van der Waals surface area contributed by atoms with Crippen molar-refractivity contribution in [3.8, 4) is 0 Å². The summed E-state index contributed by atoms with van der Waals surface area (Å²) < 4.78 is 1.42. The first-order chi connectivity index (χ1) is 10.2. The molecule has 1 aromatic heterocycles. The Bertz CT molecular complexity index is 695. The SMILES string of the molecule is NCc1cn(CC(=O)N2CC(=O)Nc3ccccc32)nn1. The van der Waals surface area contributed by atoms with E-state index in [4.69, 9.17) is 5.73 Å². The predicted molar refractivity (Wildman–Crippen MR) is 75.3 cm³/mol. The van der Waals surface area contributed by atoms with Crippen LogP contribution in [0.3, 0.4) is 0 Å². The van der Waals surface area contributed by atoms with Gasteiger partial charge < -0.3 is 11.1 Å². The number of nitrogens with two attached hydrogens (primary N) is 1. The van der Waals surface area contributed by atoms with Crippen LogP contribution in [0.15, 0.2) is 30.5 Å². The van der Waals surface area contributed by atoms with E-state index in [0.717, 1.165) is 0 Å². The maximum atomic E-state index is 12.4. The van der Waals surface area contributed by atoms with Crippen LogP contribution in [0.25, 0.3) is 0 Å². The number of amides is 2. The number of para-hydroxylation sites is 2. The number of nitrogens with one attached hydrogen (secondary N) is 1. The van der Waals surface area contributed by atoms with Gasteiger partial charge in [-0.05, 0) is 12.1 Å². The Morgan fingerprint density at radius 1 is 1.38 bits per heavy atom. The average molecular weight is 286 g/mol. The zero-order chi connectivity index (χ0) is 14.8. The number of nitrogens with zero attached hydrogens (tertiary/aromatic N) is 4. The van der Waals surface area contributed by atoms with Crippen molar-refractivity contribution in [2.24, 2.45) is 5.73 Å². The van der Waals surface area contributed by atoms with Crippen LogP contribution in [0.2, 0.25) is 0 Å². The van der Waals surface area contributed by atoms with Crippen LogP contribution >= 0.6 is 0 Å². The molecule has 0 bridgehead atoms. The highest BCUT2D eigenvalue weighted by molar-refractivity contribution is 6.09. The predicted octanol–water partition coefficient (Wildman–Crippen LogP) is -0.278. The lowest BCUT2D eigenvalue weighted by Gasteiger charge is -2.29.